The highest BCUT2D eigenvalue weighted by Crippen LogP contribution is 2.33. The molecule has 160 valence electrons. The van der Waals surface area contributed by atoms with E-state index >= 15 is 0 Å². The second-order valence-electron chi connectivity index (χ2n) is 7.20. The Bertz CT molecular complexity index is 1040. The quantitative estimate of drug-likeness (QED) is 0.753. The smallest absolute Gasteiger partial charge is 0.265 e. The van der Waals surface area contributed by atoms with Crippen LogP contribution in [0.2, 0.25) is 0 Å². The summed E-state index contributed by atoms with van der Waals surface area (Å²) in [6.45, 7) is 3.02. The van der Waals surface area contributed by atoms with Gasteiger partial charge in [0.25, 0.3) is 5.91 Å². The van der Waals surface area contributed by atoms with E-state index in [1.807, 2.05) is 24.4 Å². The highest BCUT2D eigenvalue weighted by Gasteiger charge is 2.32. The summed E-state index contributed by atoms with van der Waals surface area (Å²) in [6, 6.07) is 8.33. The van der Waals surface area contributed by atoms with Gasteiger partial charge in [0.1, 0.15) is 5.75 Å². The monoisotopic (exact) mass is 449 g/mol. The predicted octanol–water partition coefficient (Wildman–Crippen LogP) is 1.93. The van der Waals surface area contributed by atoms with Crippen molar-refractivity contribution in [1.82, 2.24) is 9.21 Å². The molecule has 30 heavy (non-hydrogen) atoms. The van der Waals surface area contributed by atoms with E-state index in [9.17, 15) is 18.0 Å². The van der Waals surface area contributed by atoms with Crippen LogP contribution >= 0.6 is 11.3 Å². The Morgan fingerprint density at radius 2 is 2.00 bits per heavy atom. The SMILES string of the molecule is CC[C@H]1Oc2ccc(S(=O)(=O)N3CCN(C(=O)Cc4cccs4)CC3)cc2NC1=O. The van der Waals surface area contributed by atoms with Crippen LogP contribution in [0.4, 0.5) is 5.69 Å². The van der Waals surface area contributed by atoms with Gasteiger partial charge in [-0.1, -0.05) is 13.0 Å². The molecule has 10 heteroatoms. The van der Waals surface area contributed by atoms with Gasteiger partial charge in [-0.15, -0.1) is 11.3 Å². The molecule has 0 bridgehead atoms. The zero-order valence-corrected chi connectivity index (χ0v) is 18.2. The first kappa shape index (κ1) is 20.8. The maximum absolute atomic E-state index is 13.1. The summed E-state index contributed by atoms with van der Waals surface area (Å²) in [6.07, 6.45) is 0.300. The third-order valence-electron chi connectivity index (χ3n) is 5.28. The summed E-state index contributed by atoms with van der Waals surface area (Å²) >= 11 is 1.54. The second-order valence-corrected chi connectivity index (χ2v) is 10.2. The first-order chi connectivity index (χ1) is 14.4. The molecule has 1 fully saturated rings. The van der Waals surface area contributed by atoms with Crippen LogP contribution in [0.5, 0.6) is 5.75 Å². The zero-order valence-electron chi connectivity index (χ0n) is 16.5. The number of sulfonamides is 1. The number of hydrogen-bond donors (Lipinski definition) is 1. The van der Waals surface area contributed by atoms with Gasteiger partial charge in [0.2, 0.25) is 15.9 Å². The highest BCUT2D eigenvalue weighted by molar-refractivity contribution is 7.89. The summed E-state index contributed by atoms with van der Waals surface area (Å²) in [4.78, 5) is 27.3. The van der Waals surface area contributed by atoms with Gasteiger partial charge in [-0.05, 0) is 36.1 Å². The molecule has 2 amide bonds. The van der Waals surface area contributed by atoms with Crippen LogP contribution in [0.25, 0.3) is 0 Å². The molecular formula is C20H23N3O5S2. The van der Waals surface area contributed by atoms with Crippen molar-refractivity contribution in [3.8, 4) is 5.75 Å². The number of thiophene rings is 1. The number of nitrogens with one attached hydrogen (secondary N) is 1. The van der Waals surface area contributed by atoms with Gasteiger partial charge in [0.05, 0.1) is 17.0 Å². The van der Waals surface area contributed by atoms with Crippen LogP contribution in [0.15, 0.2) is 40.6 Å². The van der Waals surface area contributed by atoms with Crippen molar-refractivity contribution in [2.24, 2.45) is 0 Å². The van der Waals surface area contributed by atoms with E-state index in [0.29, 0.717) is 37.4 Å². The van der Waals surface area contributed by atoms with Gasteiger partial charge in [-0.25, -0.2) is 8.42 Å². The molecule has 1 N–H and O–H groups in total. The Morgan fingerprint density at radius 3 is 2.67 bits per heavy atom. The molecule has 2 aromatic rings. The number of carbonyl (C=O) groups excluding carboxylic acids is 2. The van der Waals surface area contributed by atoms with E-state index in [-0.39, 0.29) is 29.8 Å². The number of rotatable bonds is 5. The van der Waals surface area contributed by atoms with Crippen molar-refractivity contribution in [1.29, 1.82) is 0 Å². The molecule has 1 aromatic carbocycles. The summed E-state index contributed by atoms with van der Waals surface area (Å²) in [5, 5.41) is 4.65. The molecule has 3 heterocycles. The van der Waals surface area contributed by atoms with Crippen molar-refractivity contribution in [2.75, 3.05) is 31.5 Å². The lowest BCUT2D eigenvalue weighted by Crippen LogP contribution is -2.50. The Hall–Kier alpha value is -2.43. The van der Waals surface area contributed by atoms with E-state index in [4.69, 9.17) is 4.74 Å². The van der Waals surface area contributed by atoms with E-state index in [2.05, 4.69) is 5.32 Å². The Balaban J connectivity index is 1.43. The number of amides is 2. The van der Waals surface area contributed by atoms with Crippen LogP contribution in [0.1, 0.15) is 18.2 Å². The normalized spacial score (nSPS) is 19.7. The molecule has 2 aliphatic heterocycles. The number of piperazine rings is 1. The lowest BCUT2D eigenvalue weighted by atomic mass is 10.2. The van der Waals surface area contributed by atoms with Gasteiger partial charge in [0, 0.05) is 31.1 Å². The lowest BCUT2D eigenvalue weighted by Gasteiger charge is -2.34. The molecule has 1 atom stereocenters. The van der Waals surface area contributed by atoms with Crippen LogP contribution in [0.3, 0.4) is 0 Å². The van der Waals surface area contributed by atoms with Gasteiger partial charge >= 0.3 is 0 Å². The van der Waals surface area contributed by atoms with E-state index < -0.39 is 16.1 Å². The number of nitrogens with zero attached hydrogens (tertiary/aromatic N) is 2. The Morgan fingerprint density at radius 1 is 1.23 bits per heavy atom. The topological polar surface area (TPSA) is 96.0 Å². The Kier molecular flexibility index (Phi) is 5.81. The molecule has 4 rings (SSSR count). The third-order valence-corrected chi connectivity index (χ3v) is 8.05. The molecule has 0 spiro atoms. The van der Waals surface area contributed by atoms with E-state index in [1.54, 1.807) is 11.0 Å². The third kappa shape index (κ3) is 4.07. The largest absolute Gasteiger partial charge is 0.478 e. The highest BCUT2D eigenvalue weighted by atomic mass is 32.2. The van der Waals surface area contributed by atoms with E-state index in [0.717, 1.165) is 4.88 Å². The minimum Gasteiger partial charge on any atom is -0.478 e. The van der Waals surface area contributed by atoms with Crippen molar-refractivity contribution in [3.63, 3.8) is 0 Å². The molecule has 0 aliphatic carbocycles. The molecule has 1 saturated heterocycles. The standard InChI is InChI=1S/C20H23N3O5S2/c1-2-17-20(25)21-16-13-15(5-6-18(16)28-17)30(26,27)23-9-7-22(8-10-23)19(24)12-14-4-3-11-29-14/h3-6,11,13,17H,2,7-10,12H2,1H3,(H,21,25)/t17-/m1/s1. The molecule has 0 radical (unpaired) electrons. The molecule has 0 saturated carbocycles. The number of benzene rings is 1. The average Bonchev–Trinajstić information content (AvgIpc) is 3.26. The summed E-state index contributed by atoms with van der Waals surface area (Å²) in [7, 11) is -3.74. The van der Waals surface area contributed by atoms with E-state index in [1.165, 1.54) is 27.8 Å². The van der Waals surface area contributed by atoms with Crippen molar-refractivity contribution < 1.29 is 22.7 Å². The number of ether oxygens (including phenoxy) is 1. The number of carbonyl (C=O) groups is 2. The fourth-order valence-corrected chi connectivity index (χ4v) is 5.70. The van der Waals surface area contributed by atoms with Crippen molar-refractivity contribution in [2.45, 2.75) is 30.8 Å². The first-order valence-electron chi connectivity index (χ1n) is 9.80. The molecule has 8 nitrogen and oxygen atoms in total. The number of fused-ring (bicyclic) bond motifs is 1. The average molecular weight is 450 g/mol. The van der Waals surface area contributed by atoms with Crippen molar-refractivity contribution >= 4 is 38.9 Å². The minimum atomic E-state index is -3.74. The zero-order chi connectivity index (χ0) is 21.3. The van der Waals surface area contributed by atoms with Gasteiger partial charge in [0.15, 0.2) is 6.10 Å². The van der Waals surface area contributed by atoms with Crippen LogP contribution < -0.4 is 10.1 Å². The minimum absolute atomic E-state index is 0.00798. The van der Waals surface area contributed by atoms with Gasteiger partial charge in [-0.3, -0.25) is 9.59 Å². The van der Waals surface area contributed by atoms with Crippen LogP contribution in [-0.2, 0) is 26.0 Å². The summed E-state index contributed by atoms with van der Waals surface area (Å²) in [5.41, 5.74) is 0.357. The molecule has 0 unspecified atom stereocenters. The van der Waals surface area contributed by atoms with Crippen LogP contribution in [0, 0.1) is 0 Å². The fourth-order valence-electron chi connectivity index (χ4n) is 3.56. The fraction of sp³-hybridized carbons (Fsp3) is 0.400. The predicted molar refractivity (Wildman–Crippen MR) is 113 cm³/mol. The summed E-state index contributed by atoms with van der Waals surface area (Å²) < 4.78 is 33.2. The van der Waals surface area contributed by atoms with Gasteiger partial charge < -0.3 is 15.0 Å². The molecule has 2 aliphatic rings. The van der Waals surface area contributed by atoms with Gasteiger partial charge in [-0.2, -0.15) is 4.31 Å². The Labute approximate surface area is 179 Å². The lowest BCUT2D eigenvalue weighted by molar-refractivity contribution is -0.131. The summed E-state index contributed by atoms with van der Waals surface area (Å²) in [5.74, 6) is 0.190. The number of hydrogen-bond acceptors (Lipinski definition) is 6. The van der Waals surface area contributed by atoms with Crippen LogP contribution in [-0.4, -0.2) is 61.7 Å². The second kappa shape index (κ2) is 8.37. The maximum atomic E-state index is 13.1. The number of anilines is 1. The first-order valence-corrected chi connectivity index (χ1v) is 12.1. The van der Waals surface area contributed by atoms with Crippen molar-refractivity contribution in [3.05, 3.63) is 40.6 Å². The molecule has 1 aromatic heterocycles. The maximum Gasteiger partial charge on any atom is 0.265 e. The molecular weight excluding hydrogens is 426 g/mol.